The molecule has 4 N–H and O–H groups in total. The lowest BCUT2D eigenvalue weighted by Crippen LogP contribution is -2.51. The van der Waals surface area contributed by atoms with Gasteiger partial charge in [-0.3, -0.25) is 14.6 Å². The molecule has 6 heteroatoms. The van der Waals surface area contributed by atoms with Crippen LogP contribution in [0.3, 0.4) is 0 Å². The fourth-order valence-corrected chi connectivity index (χ4v) is 3.36. The fraction of sp³-hybridized carbons (Fsp3) is 0.381. The van der Waals surface area contributed by atoms with Crippen molar-refractivity contribution in [2.45, 2.75) is 50.2 Å². The molecule has 1 heterocycles. The number of pyridine rings is 1. The average Bonchev–Trinajstić information content (AvgIpc) is 2.70. The van der Waals surface area contributed by atoms with Crippen molar-refractivity contribution < 1.29 is 9.59 Å². The van der Waals surface area contributed by atoms with E-state index < -0.39 is 6.04 Å². The SMILES string of the molecule is NC1CCC(NC(=O)C(Cc2ccccc2)NC(=O)c2cccnc2)CC1. The number of nitrogens with two attached hydrogens (primary N) is 1. The fourth-order valence-electron chi connectivity index (χ4n) is 3.36. The lowest BCUT2D eigenvalue weighted by Gasteiger charge is -2.28. The molecular formula is C21H26N4O2. The number of benzene rings is 1. The molecule has 1 aromatic heterocycles. The van der Waals surface area contributed by atoms with Crippen LogP contribution < -0.4 is 16.4 Å². The van der Waals surface area contributed by atoms with Crippen molar-refractivity contribution in [3.63, 3.8) is 0 Å². The number of rotatable bonds is 6. The monoisotopic (exact) mass is 366 g/mol. The molecule has 0 spiro atoms. The highest BCUT2D eigenvalue weighted by Gasteiger charge is 2.26. The second-order valence-electron chi connectivity index (χ2n) is 7.08. The zero-order valence-corrected chi connectivity index (χ0v) is 15.3. The third-order valence-corrected chi connectivity index (χ3v) is 4.95. The van der Waals surface area contributed by atoms with E-state index in [1.54, 1.807) is 18.3 Å². The van der Waals surface area contributed by atoms with E-state index in [9.17, 15) is 9.59 Å². The summed E-state index contributed by atoms with van der Waals surface area (Å²) in [7, 11) is 0. The highest BCUT2D eigenvalue weighted by molar-refractivity contribution is 5.97. The van der Waals surface area contributed by atoms with Gasteiger partial charge in [0.05, 0.1) is 5.56 Å². The second kappa shape index (κ2) is 9.28. The van der Waals surface area contributed by atoms with Gasteiger partial charge in [0.2, 0.25) is 5.91 Å². The Kier molecular flexibility index (Phi) is 6.54. The van der Waals surface area contributed by atoms with Crippen LogP contribution in [-0.2, 0) is 11.2 Å². The Labute approximate surface area is 159 Å². The molecule has 142 valence electrons. The lowest BCUT2D eigenvalue weighted by molar-refractivity contribution is -0.123. The van der Waals surface area contributed by atoms with E-state index in [-0.39, 0.29) is 23.9 Å². The van der Waals surface area contributed by atoms with Crippen molar-refractivity contribution in [3.8, 4) is 0 Å². The molecule has 1 unspecified atom stereocenters. The Bertz CT molecular complexity index is 743. The van der Waals surface area contributed by atoms with Crippen LogP contribution in [0.5, 0.6) is 0 Å². The van der Waals surface area contributed by atoms with E-state index in [0.717, 1.165) is 31.2 Å². The Morgan fingerprint density at radius 2 is 1.81 bits per heavy atom. The van der Waals surface area contributed by atoms with Gasteiger partial charge in [-0.15, -0.1) is 0 Å². The molecule has 1 fully saturated rings. The van der Waals surface area contributed by atoms with Gasteiger partial charge in [0.1, 0.15) is 6.04 Å². The largest absolute Gasteiger partial charge is 0.352 e. The van der Waals surface area contributed by atoms with Crippen molar-refractivity contribution in [1.29, 1.82) is 0 Å². The Hall–Kier alpha value is -2.73. The highest BCUT2D eigenvalue weighted by Crippen LogP contribution is 2.17. The number of aromatic nitrogens is 1. The van der Waals surface area contributed by atoms with Crippen LogP contribution in [0.25, 0.3) is 0 Å². The molecule has 1 aliphatic rings. The van der Waals surface area contributed by atoms with E-state index in [4.69, 9.17) is 5.73 Å². The standard InChI is InChI=1S/C21H26N4O2/c22-17-8-10-18(11-9-17)24-21(27)19(13-15-5-2-1-3-6-15)25-20(26)16-7-4-12-23-14-16/h1-7,12,14,17-19H,8-11,13,22H2,(H,24,27)(H,25,26). The molecule has 3 rings (SSSR count). The van der Waals surface area contributed by atoms with E-state index in [0.29, 0.717) is 12.0 Å². The van der Waals surface area contributed by atoms with Gasteiger partial charge < -0.3 is 16.4 Å². The molecular weight excluding hydrogens is 340 g/mol. The van der Waals surface area contributed by atoms with Gasteiger partial charge in [0.25, 0.3) is 5.91 Å². The average molecular weight is 366 g/mol. The molecule has 0 saturated heterocycles. The number of nitrogens with zero attached hydrogens (tertiary/aromatic N) is 1. The summed E-state index contributed by atoms with van der Waals surface area (Å²) in [5, 5.41) is 5.96. The van der Waals surface area contributed by atoms with Gasteiger partial charge in [0, 0.05) is 30.9 Å². The number of hydrogen-bond acceptors (Lipinski definition) is 4. The van der Waals surface area contributed by atoms with Gasteiger partial charge >= 0.3 is 0 Å². The number of nitrogens with one attached hydrogen (secondary N) is 2. The molecule has 1 saturated carbocycles. The molecule has 1 aromatic carbocycles. The van der Waals surface area contributed by atoms with E-state index >= 15 is 0 Å². The van der Waals surface area contributed by atoms with Gasteiger partial charge in [0.15, 0.2) is 0 Å². The molecule has 0 radical (unpaired) electrons. The van der Waals surface area contributed by atoms with Crippen LogP contribution in [0.15, 0.2) is 54.9 Å². The van der Waals surface area contributed by atoms with E-state index in [2.05, 4.69) is 15.6 Å². The molecule has 6 nitrogen and oxygen atoms in total. The van der Waals surface area contributed by atoms with Crippen molar-refractivity contribution in [1.82, 2.24) is 15.6 Å². The Morgan fingerprint density at radius 3 is 2.48 bits per heavy atom. The third-order valence-electron chi connectivity index (χ3n) is 4.95. The van der Waals surface area contributed by atoms with Gasteiger partial charge in [-0.25, -0.2) is 0 Å². The third kappa shape index (κ3) is 5.62. The highest BCUT2D eigenvalue weighted by atomic mass is 16.2. The first-order chi connectivity index (χ1) is 13.1. The molecule has 27 heavy (non-hydrogen) atoms. The minimum Gasteiger partial charge on any atom is -0.352 e. The molecule has 0 aliphatic heterocycles. The van der Waals surface area contributed by atoms with Crippen molar-refractivity contribution in [2.75, 3.05) is 0 Å². The van der Waals surface area contributed by atoms with Crippen LogP contribution in [0, 0.1) is 0 Å². The van der Waals surface area contributed by atoms with E-state index in [1.807, 2.05) is 30.3 Å². The first-order valence-corrected chi connectivity index (χ1v) is 9.42. The predicted molar refractivity (Wildman–Crippen MR) is 104 cm³/mol. The summed E-state index contributed by atoms with van der Waals surface area (Å²) in [5.41, 5.74) is 7.38. The molecule has 2 amide bonds. The number of hydrogen-bond donors (Lipinski definition) is 3. The second-order valence-corrected chi connectivity index (χ2v) is 7.08. The summed E-state index contributed by atoms with van der Waals surface area (Å²) < 4.78 is 0. The predicted octanol–water partition coefficient (Wildman–Crippen LogP) is 1.81. The smallest absolute Gasteiger partial charge is 0.253 e. The van der Waals surface area contributed by atoms with Crippen molar-refractivity contribution in [3.05, 3.63) is 66.0 Å². The number of carbonyl (C=O) groups is 2. The topological polar surface area (TPSA) is 97.1 Å². The zero-order valence-electron chi connectivity index (χ0n) is 15.3. The molecule has 1 aliphatic carbocycles. The van der Waals surface area contributed by atoms with Crippen molar-refractivity contribution in [2.24, 2.45) is 5.73 Å². The zero-order chi connectivity index (χ0) is 19.1. The van der Waals surface area contributed by atoms with E-state index in [1.165, 1.54) is 6.20 Å². The van der Waals surface area contributed by atoms with Crippen molar-refractivity contribution >= 4 is 11.8 Å². The van der Waals surface area contributed by atoms with Crippen LogP contribution in [0.2, 0.25) is 0 Å². The minimum atomic E-state index is -0.643. The quantitative estimate of drug-likeness (QED) is 0.726. The van der Waals surface area contributed by atoms with Gasteiger partial charge in [-0.2, -0.15) is 0 Å². The first kappa shape index (κ1) is 19.0. The Morgan fingerprint density at radius 1 is 1.07 bits per heavy atom. The summed E-state index contributed by atoms with van der Waals surface area (Å²) >= 11 is 0. The maximum atomic E-state index is 12.9. The first-order valence-electron chi connectivity index (χ1n) is 9.42. The summed E-state index contributed by atoms with van der Waals surface area (Å²) in [4.78, 5) is 29.4. The van der Waals surface area contributed by atoms with Gasteiger partial charge in [-0.05, 0) is 43.4 Å². The lowest BCUT2D eigenvalue weighted by atomic mass is 9.91. The summed E-state index contributed by atoms with van der Waals surface area (Å²) in [6.45, 7) is 0. The van der Waals surface area contributed by atoms with Crippen LogP contribution in [-0.4, -0.2) is 34.9 Å². The van der Waals surface area contributed by atoms with Gasteiger partial charge in [-0.1, -0.05) is 30.3 Å². The number of amides is 2. The normalized spacial score (nSPS) is 20.5. The molecule has 0 bridgehead atoms. The van der Waals surface area contributed by atoms with Crippen LogP contribution in [0.1, 0.15) is 41.6 Å². The maximum Gasteiger partial charge on any atom is 0.253 e. The maximum absolute atomic E-state index is 12.9. The summed E-state index contributed by atoms with van der Waals surface area (Å²) in [6.07, 6.45) is 7.12. The summed E-state index contributed by atoms with van der Waals surface area (Å²) in [6, 6.07) is 12.8. The van der Waals surface area contributed by atoms with Crippen LogP contribution in [0.4, 0.5) is 0 Å². The molecule has 1 atom stereocenters. The summed E-state index contributed by atoms with van der Waals surface area (Å²) in [5.74, 6) is -0.457. The van der Waals surface area contributed by atoms with Crippen LogP contribution >= 0.6 is 0 Å². The number of carbonyl (C=O) groups excluding carboxylic acids is 2. The Balaban J connectivity index is 1.68. The minimum absolute atomic E-state index is 0.117. The molecule has 2 aromatic rings.